The van der Waals surface area contributed by atoms with Crippen molar-refractivity contribution in [3.8, 4) is 0 Å². The summed E-state index contributed by atoms with van der Waals surface area (Å²) in [7, 11) is -1.48. The minimum atomic E-state index is -1.48. The molecule has 0 saturated heterocycles. The molecule has 0 bridgehead atoms. The van der Waals surface area contributed by atoms with Crippen LogP contribution in [-0.4, -0.2) is 21.5 Å². The van der Waals surface area contributed by atoms with Crippen molar-refractivity contribution in [1.82, 2.24) is 0 Å². The van der Waals surface area contributed by atoms with Crippen LogP contribution in [-0.2, 0) is 8.85 Å². The average Bonchev–Trinajstić information content (AvgIpc) is 2.56. The van der Waals surface area contributed by atoms with E-state index in [9.17, 15) is 0 Å². The molecule has 2 nitrogen and oxygen atoms in total. The highest BCUT2D eigenvalue weighted by Gasteiger charge is 2.44. The van der Waals surface area contributed by atoms with Gasteiger partial charge in [-0.2, -0.15) is 0 Å². The van der Waals surface area contributed by atoms with Gasteiger partial charge < -0.3 is 8.85 Å². The second-order valence-corrected chi connectivity index (χ2v) is 9.51. The van der Waals surface area contributed by atoms with Crippen LogP contribution in [0.25, 0.3) is 0 Å². The molecule has 0 N–H and O–H groups in total. The summed E-state index contributed by atoms with van der Waals surface area (Å²) in [6.45, 7) is 7.62. The highest BCUT2D eigenvalue weighted by Crippen LogP contribution is 2.45. The van der Waals surface area contributed by atoms with Crippen molar-refractivity contribution >= 4 is 9.28 Å². The Morgan fingerprint density at radius 3 is 1.71 bits per heavy atom. The van der Waals surface area contributed by atoms with E-state index in [1.165, 1.54) is 64.2 Å². The second-order valence-electron chi connectivity index (χ2n) is 7.26. The summed E-state index contributed by atoms with van der Waals surface area (Å²) in [5, 5.41) is 0. The first-order valence-electron chi connectivity index (χ1n) is 9.50. The van der Waals surface area contributed by atoms with E-state index in [1.54, 1.807) is 0 Å². The summed E-state index contributed by atoms with van der Waals surface area (Å²) < 4.78 is 12.8. The van der Waals surface area contributed by atoms with Gasteiger partial charge in [-0.1, -0.05) is 45.4 Å². The van der Waals surface area contributed by atoms with E-state index in [0.717, 1.165) is 24.5 Å². The Balaban J connectivity index is 2.10. The van der Waals surface area contributed by atoms with Crippen LogP contribution < -0.4 is 0 Å². The van der Waals surface area contributed by atoms with Gasteiger partial charge in [-0.15, -0.1) is 0 Å². The molecule has 2 saturated carbocycles. The Morgan fingerprint density at radius 2 is 1.33 bits per heavy atom. The molecule has 0 aromatic rings. The van der Waals surface area contributed by atoms with Crippen molar-refractivity contribution in [3.63, 3.8) is 0 Å². The largest absolute Gasteiger partial charge is 0.397 e. The van der Waals surface area contributed by atoms with Crippen molar-refractivity contribution in [2.45, 2.75) is 96.6 Å². The third-order valence-corrected chi connectivity index (χ3v) is 8.05. The fourth-order valence-electron chi connectivity index (χ4n) is 4.58. The van der Waals surface area contributed by atoms with Gasteiger partial charge in [0.2, 0.25) is 0 Å². The molecule has 0 heterocycles. The highest BCUT2D eigenvalue weighted by molar-refractivity contribution is 6.44. The molecule has 3 heteroatoms. The molecule has 2 rings (SSSR count). The van der Waals surface area contributed by atoms with Gasteiger partial charge in [-0.3, -0.25) is 0 Å². The van der Waals surface area contributed by atoms with Gasteiger partial charge in [0, 0.05) is 6.61 Å². The topological polar surface area (TPSA) is 18.5 Å². The lowest BCUT2D eigenvalue weighted by Crippen LogP contribution is -2.50. The quantitative estimate of drug-likeness (QED) is 0.602. The van der Waals surface area contributed by atoms with E-state index >= 15 is 0 Å². The predicted molar refractivity (Wildman–Crippen MR) is 91.9 cm³/mol. The van der Waals surface area contributed by atoms with Gasteiger partial charge >= 0.3 is 9.28 Å². The van der Waals surface area contributed by atoms with E-state index in [4.69, 9.17) is 8.85 Å². The number of hydrogen-bond donors (Lipinski definition) is 0. The Bertz CT molecular complexity index is 265. The second kappa shape index (κ2) is 8.69. The Kier molecular flexibility index (Phi) is 7.23. The molecule has 0 aliphatic heterocycles. The van der Waals surface area contributed by atoms with E-state index in [2.05, 4.69) is 20.8 Å². The average molecular weight is 313 g/mol. The van der Waals surface area contributed by atoms with Crippen LogP contribution in [0.1, 0.15) is 85.0 Å². The normalized spacial score (nSPS) is 24.1. The molecule has 0 radical (unpaired) electrons. The smallest absolute Gasteiger partial charge is 0.321 e. The van der Waals surface area contributed by atoms with E-state index in [1.807, 2.05) is 0 Å². The van der Waals surface area contributed by atoms with Gasteiger partial charge in [-0.25, -0.2) is 0 Å². The Morgan fingerprint density at radius 1 is 0.857 bits per heavy atom. The molecule has 0 aromatic carbocycles. The van der Waals surface area contributed by atoms with Gasteiger partial charge in [0.25, 0.3) is 0 Å². The summed E-state index contributed by atoms with van der Waals surface area (Å²) in [5.74, 6) is 1.55. The third kappa shape index (κ3) is 4.55. The van der Waals surface area contributed by atoms with Gasteiger partial charge in [-0.05, 0) is 57.4 Å². The van der Waals surface area contributed by atoms with E-state index < -0.39 is 9.28 Å². The summed E-state index contributed by atoms with van der Waals surface area (Å²) in [6, 6.07) is 1.10. The fraction of sp³-hybridized carbons (Fsp3) is 1.00. The predicted octanol–water partition coefficient (Wildman–Crippen LogP) is 5.20. The van der Waals surface area contributed by atoms with Crippen LogP contribution in [0.4, 0.5) is 0 Å². The van der Waals surface area contributed by atoms with Gasteiger partial charge in [0.05, 0.1) is 5.60 Å². The van der Waals surface area contributed by atoms with Crippen molar-refractivity contribution in [2.75, 3.05) is 6.61 Å². The zero-order valence-electron chi connectivity index (χ0n) is 14.5. The molecule has 0 spiro atoms. The maximum Gasteiger partial charge on any atom is 0.321 e. The molecule has 0 amide bonds. The van der Waals surface area contributed by atoms with Crippen molar-refractivity contribution in [1.29, 1.82) is 0 Å². The molecular weight excluding hydrogens is 276 g/mol. The van der Waals surface area contributed by atoms with Crippen LogP contribution in [0, 0.1) is 11.8 Å². The Hall–Kier alpha value is 0.137. The first kappa shape index (κ1) is 17.5. The molecule has 1 unspecified atom stereocenters. The molecule has 2 fully saturated rings. The summed E-state index contributed by atoms with van der Waals surface area (Å²) >= 11 is 0. The SMILES string of the molecule is CCO[SiH](CC)OC(C)(C1CCCCC1)C1CCCCC1. The molecule has 21 heavy (non-hydrogen) atoms. The molecule has 124 valence electrons. The van der Waals surface area contributed by atoms with E-state index in [-0.39, 0.29) is 5.60 Å². The minimum Gasteiger partial charge on any atom is -0.397 e. The summed E-state index contributed by atoms with van der Waals surface area (Å²) in [5.41, 5.74) is 0.100. The van der Waals surface area contributed by atoms with Gasteiger partial charge in [0.1, 0.15) is 0 Å². The lowest BCUT2D eigenvalue weighted by atomic mass is 9.67. The maximum atomic E-state index is 6.82. The summed E-state index contributed by atoms with van der Waals surface area (Å²) in [6.07, 6.45) is 14.0. The van der Waals surface area contributed by atoms with E-state index in [0.29, 0.717) is 0 Å². The van der Waals surface area contributed by atoms with Crippen LogP contribution in [0.5, 0.6) is 0 Å². The van der Waals surface area contributed by atoms with Gasteiger partial charge in [0.15, 0.2) is 0 Å². The molecule has 0 aromatic heterocycles. The Labute approximate surface area is 133 Å². The first-order chi connectivity index (χ1) is 10.2. The highest BCUT2D eigenvalue weighted by atomic mass is 28.3. The zero-order chi connectivity index (χ0) is 15.1. The van der Waals surface area contributed by atoms with Crippen molar-refractivity contribution < 1.29 is 8.85 Å². The molecule has 1 atom stereocenters. The zero-order valence-corrected chi connectivity index (χ0v) is 15.7. The first-order valence-corrected chi connectivity index (χ1v) is 11.3. The maximum absolute atomic E-state index is 6.82. The molecular formula is C18H36O2Si. The fourth-order valence-corrected chi connectivity index (χ4v) is 6.38. The minimum absolute atomic E-state index is 0.100. The van der Waals surface area contributed by atoms with Crippen molar-refractivity contribution in [2.24, 2.45) is 11.8 Å². The lowest BCUT2D eigenvalue weighted by molar-refractivity contribution is -0.0714. The van der Waals surface area contributed by atoms with Crippen LogP contribution >= 0.6 is 0 Å². The standard InChI is InChI=1S/C18H36O2Si/c1-4-19-21(5-2)20-18(3,16-12-8-6-9-13-16)17-14-10-7-11-15-17/h16-17,21H,4-15H2,1-3H3. The third-order valence-electron chi connectivity index (χ3n) is 5.90. The summed E-state index contributed by atoms with van der Waals surface area (Å²) in [4.78, 5) is 0. The van der Waals surface area contributed by atoms with Crippen LogP contribution in [0.3, 0.4) is 0 Å². The molecule has 2 aliphatic carbocycles. The monoisotopic (exact) mass is 312 g/mol. The number of rotatable bonds is 7. The number of hydrogen-bond acceptors (Lipinski definition) is 2. The lowest BCUT2D eigenvalue weighted by Gasteiger charge is -2.48. The van der Waals surface area contributed by atoms with Crippen molar-refractivity contribution in [3.05, 3.63) is 0 Å². The van der Waals surface area contributed by atoms with Crippen LogP contribution in [0.2, 0.25) is 6.04 Å². The van der Waals surface area contributed by atoms with Crippen LogP contribution in [0.15, 0.2) is 0 Å². The molecule has 2 aliphatic rings.